The van der Waals surface area contributed by atoms with Gasteiger partial charge in [-0.1, -0.05) is 36.4 Å². The summed E-state index contributed by atoms with van der Waals surface area (Å²) in [5.41, 5.74) is 2.59. The zero-order valence-corrected chi connectivity index (χ0v) is 16.5. The first-order chi connectivity index (χ1) is 13.3. The van der Waals surface area contributed by atoms with E-state index < -0.39 is 16.3 Å². The van der Waals surface area contributed by atoms with Gasteiger partial charge in [-0.05, 0) is 29.7 Å². The van der Waals surface area contributed by atoms with E-state index in [1.54, 1.807) is 24.3 Å². The molecule has 0 aromatic heterocycles. The molecule has 0 aliphatic carbocycles. The molecule has 28 heavy (non-hydrogen) atoms. The minimum atomic E-state index is -3.72. The molecule has 8 heteroatoms. The molecule has 146 valence electrons. The molecule has 0 fully saturated rings. The smallest absolute Gasteiger partial charge is 0.272 e. The van der Waals surface area contributed by atoms with Crippen molar-refractivity contribution in [2.24, 2.45) is 0 Å². The van der Waals surface area contributed by atoms with Crippen molar-refractivity contribution in [1.82, 2.24) is 13.5 Å². The van der Waals surface area contributed by atoms with Gasteiger partial charge in [-0.2, -0.15) is 17.0 Å². The topological polar surface area (TPSA) is 78.0 Å². The van der Waals surface area contributed by atoms with Crippen molar-refractivity contribution in [2.75, 3.05) is 27.2 Å². The third-order valence-electron chi connectivity index (χ3n) is 5.35. The molecule has 4 rings (SSSR count). The Labute approximate surface area is 164 Å². The number of hydrogen-bond acceptors (Lipinski definition) is 4. The fourth-order valence-electron chi connectivity index (χ4n) is 3.88. The molecular formula is C20H21N3O4S. The molecule has 0 saturated heterocycles. The van der Waals surface area contributed by atoms with Crippen LogP contribution in [-0.2, 0) is 16.6 Å². The lowest BCUT2D eigenvalue weighted by Crippen LogP contribution is -2.49. The second-order valence-corrected chi connectivity index (χ2v) is 9.23. The molecule has 2 aromatic carbocycles. The lowest BCUT2D eigenvalue weighted by atomic mass is 9.94. The molecule has 0 N–H and O–H groups in total. The Morgan fingerprint density at radius 2 is 1.54 bits per heavy atom. The summed E-state index contributed by atoms with van der Waals surface area (Å²) in [6.45, 7) is 0.280. The Morgan fingerprint density at radius 3 is 2.14 bits per heavy atom. The van der Waals surface area contributed by atoms with Crippen molar-refractivity contribution in [1.29, 1.82) is 0 Å². The summed E-state index contributed by atoms with van der Waals surface area (Å²) >= 11 is 0. The second-order valence-electron chi connectivity index (χ2n) is 7.13. The molecule has 1 unspecified atom stereocenters. The monoisotopic (exact) mass is 399 g/mol. The number of rotatable bonds is 4. The van der Waals surface area contributed by atoms with Gasteiger partial charge in [-0.25, -0.2) is 0 Å². The normalized spacial score (nSPS) is 19.8. The van der Waals surface area contributed by atoms with E-state index in [1.807, 2.05) is 24.3 Å². The van der Waals surface area contributed by atoms with Crippen molar-refractivity contribution in [3.05, 3.63) is 70.8 Å². The van der Waals surface area contributed by atoms with Crippen LogP contribution in [0, 0.1) is 0 Å². The summed E-state index contributed by atoms with van der Waals surface area (Å²) in [7, 11) is -0.756. The molecule has 2 amide bonds. The standard InChI is InChI=1S/C20H21N3O4S/c1-21(2)28(26,27)23-12-11-14-7-3-4-8-15(14)18(23)13-22-19(24)16-9-5-6-10-17(16)20(22)25/h3-10,18H,11-13H2,1-2H3. The lowest BCUT2D eigenvalue weighted by molar-refractivity contribution is 0.0614. The highest BCUT2D eigenvalue weighted by atomic mass is 32.2. The van der Waals surface area contributed by atoms with Crippen LogP contribution in [-0.4, -0.2) is 60.9 Å². The maximum atomic E-state index is 12.9. The van der Waals surface area contributed by atoms with E-state index >= 15 is 0 Å². The van der Waals surface area contributed by atoms with Crippen molar-refractivity contribution in [3.63, 3.8) is 0 Å². The van der Waals surface area contributed by atoms with Crippen LogP contribution in [0.4, 0.5) is 0 Å². The van der Waals surface area contributed by atoms with E-state index in [9.17, 15) is 18.0 Å². The summed E-state index contributed by atoms with van der Waals surface area (Å²) in [5, 5.41) is 0. The van der Waals surface area contributed by atoms with E-state index in [-0.39, 0.29) is 18.4 Å². The van der Waals surface area contributed by atoms with E-state index in [4.69, 9.17) is 0 Å². The molecule has 0 bridgehead atoms. The van der Waals surface area contributed by atoms with Crippen LogP contribution in [0.5, 0.6) is 0 Å². The van der Waals surface area contributed by atoms with Gasteiger partial charge in [0.1, 0.15) is 0 Å². The largest absolute Gasteiger partial charge is 0.282 e. The number of carbonyl (C=O) groups excluding carboxylic acids is 2. The Kier molecular flexibility index (Phi) is 4.57. The average molecular weight is 399 g/mol. The number of carbonyl (C=O) groups is 2. The lowest BCUT2D eigenvalue weighted by Gasteiger charge is -2.38. The maximum absolute atomic E-state index is 12.9. The van der Waals surface area contributed by atoms with Crippen LogP contribution in [0.2, 0.25) is 0 Å². The Morgan fingerprint density at radius 1 is 0.964 bits per heavy atom. The van der Waals surface area contributed by atoms with E-state index in [2.05, 4.69) is 0 Å². The van der Waals surface area contributed by atoms with Crippen molar-refractivity contribution >= 4 is 22.0 Å². The number of nitrogens with zero attached hydrogens (tertiary/aromatic N) is 3. The molecule has 0 spiro atoms. The first-order valence-corrected chi connectivity index (χ1v) is 10.4. The van der Waals surface area contributed by atoms with E-state index in [1.165, 1.54) is 18.4 Å². The van der Waals surface area contributed by atoms with Gasteiger partial charge in [0.25, 0.3) is 22.0 Å². The SMILES string of the molecule is CN(C)S(=O)(=O)N1CCc2ccccc2C1CN1C(=O)c2ccccc2C1=O. The highest BCUT2D eigenvalue weighted by Crippen LogP contribution is 2.35. The van der Waals surface area contributed by atoms with E-state index in [0.29, 0.717) is 24.1 Å². The number of imide groups is 1. The summed E-state index contributed by atoms with van der Waals surface area (Å²) in [6.07, 6.45) is 0.585. The molecule has 0 radical (unpaired) electrons. The van der Waals surface area contributed by atoms with Gasteiger partial charge < -0.3 is 0 Å². The first kappa shape index (κ1) is 18.8. The first-order valence-electron chi connectivity index (χ1n) is 9.04. The van der Waals surface area contributed by atoms with Crippen molar-refractivity contribution < 1.29 is 18.0 Å². The van der Waals surface area contributed by atoms with E-state index in [0.717, 1.165) is 20.3 Å². The van der Waals surface area contributed by atoms with Crippen LogP contribution in [0.15, 0.2) is 48.5 Å². The number of hydrogen-bond donors (Lipinski definition) is 0. The fourth-order valence-corrected chi connectivity index (χ4v) is 5.13. The summed E-state index contributed by atoms with van der Waals surface area (Å²) in [6, 6.07) is 13.6. The molecule has 1 atom stereocenters. The molecule has 2 heterocycles. The molecular weight excluding hydrogens is 378 g/mol. The summed E-state index contributed by atoms with van der Waals surface area (Å²) in [5.74, 6) is -0.767. The molecule has 7 nitrogen and oxygen atoms in total. The molecule has 0 saturated carbocycles. The van der Waals surface area contributed by atoms with Crippen LogP contribution in [0.1, 0.15) is 37.9 Å². The quantitative estimate of drug-likeness (QED) is 0.733. The Bertz CT molecular complexity index is 1030. The van der Waals surface area contributed by atoms with Crippen LogP contribution < -0.4 is 0 Å². The van der Waals surface area contributed by atoms with Crippen LogP contribution >= 0.6 is 0 Å². The highest BCUT2D eigenvalue weighted by Gasteiger charge is 2.42. The van der Waals surface area contributed by atoms with Gasteiger partial charge >= 0.3 is 0 Å². The van der Waals surface area contributed by atoms with Gasteiger partial charge in [0, 0.05) is 20.6 Å². The van der Waals surface area contributed by atoms with Gasteiger partial charge in [-0.15, -0.1) is 0 Å². The molecule has 2 aliphatic heterocycles. The summed E-state index contributed by atoms with van der Waals surface area (Å²) in [4.78, 5) is 26.8. The van der Waals surface area contributed by atoms with Crippen LogP contribution in [0.3, 0.4) is 0 Å². The zero-order chi connectivity index (χ0) is 20.1. The van der Waals surface area contributed by atoms with Gasteiger partial charge in [0.05, 0.1) is 23.7 Å². The zero-order valence-electron chi connectivity index (χ0n) is 15.7. The van der Waals surface area contributed by atoms with Crippen molar-refractivity contribution in [2.45, 2.75) is 12.5 Å². The van der Waals surface area contributed by atoms with Crippen molar-refractivity contribution in [3.8, 4) is 0 Å². The average Bonchev–Trinajstić information content (AvgIpc) is 2.93. The van der Waals surface area contributed by atoms with Crippen LogP contribution in [0.25, 0.3) is 0 Å². The predicted molar refractivity (Wildman–Crippen MR) is 104 cm³/mol. The Hall–Kier alpha value is -2.55. The number of benzene rings is 2. The van der Waals surface area contributed by atoms with Gasteiger partial charge in [0.2, 0.25) is 0 Å². The molecule has 2 aliphatic rings. The highest BCUT2D eigenvalue weighted by molar-refractivity contribution is 7.86. The minimum Gasteiger partial charge on any atom is -0.272 e. The van der Waals surface area contributed by atoms with Gasteiger partial charge in [0.15, 0.2) is 0 Å². The maximum Gasteiger partial charge on any atom is 0.282 e. The van der Waals surface area contributed by atoms with Gasteiger partial charge in [-0.3, -0.25) is 14.5 Å². The second kappa shape index (κ2) is 6.80. The predicted octanol–water partition coefficient (Wildman–Crippen LogP) is 1.69. The molecule has 2 aromatic rings. The summed E-state index contributed by atoms with van der Waals surface area (Å²) < 4.78 is 28.4. The number of amides is 2. The third-order valence-corrected chi connectivity index (χ3v) is 7.31. The minimum absolute atomic E-state index is 0.0174. The number of fused-ring (bicyclic) bond motifs is 2. The fraction of sp³-hybridized carbons (Fsp3) is 0.300. The third kappa shape index (κ3) is 2.85. The Balaban J connectivity index is 1.75.